The summed E-state index contributed by atoms with van der Waals surface area (Å²) in [6.45, 7) is 1.36. The van der Waals surface area contributed by atoms with Gasteiger partial charge in [-0.1, -0.05) is 22.4 Å². The van der Waals surface area contributed by atoms with Crippen LogP contribution in [0.1, 0.15) is 32.1 Å². The summed E-state index contributed by atoms with van der Waals surface area (Å²) in [5.74, 6) is 0. The third kappa shape index (κ3) is 1.48. The number of fused-ring (bicyclic) bond motifs is 1. The standard InChI is InChI=1S/C9H16BrN/c10-7-9-4-1-3-8-5-2-6-11(8)9/h8-9H,1-7H2. The van der Waals surface area contributed by atoms with E-state index < -0.39 is 0 Å². The van der Waals surface area contributed by atoms with Crippen molar-refractivity contribution in [3.8, 4) is 0 Å². The molecule has 0 N–H and O–H groups in total. The van der Waals surface area contributed by atoms with Gasteiger partial charge in [-0.2, -0.15) is 0 Å². The lowest BCUT2D eigenvalue weighted by Gasteiger charge is -2.36. The van der Waals surface area contributed by atoms with Crippen LogP contribution in [0.2, 0.25) is 0 Å². The molecule has 0 aliphatic carbocycles. The minimum atomic E-state index is 0.858. The van der Waals surface area contributed by atoms with Crippen LogP contribution >= 0.6 is 15.9 Å². The van der Waals surface area contributed by atoms with Gasteiger partial charge in [0.25, 0.3) is 0 Å². The summed E-state index contributed by atoms with van der Waals surface area (Å²) >= 11 is 3.61. The Hall–Kier alpha value is 0.440. The van der Waals surface area contributed by atoms with Crippen molar-refractivity contribution in [3.05, 3.63) is 0 Å². The largest absolute Gasteiger partial charge is 0.297 e. The van der Waals surface area contributed by atoms with E-state index >= 15 is 0 Å². The van der Waals surface area contributed by atoms with Gasteiger partial charge in [0.2, 0.25) is 0 Å². The molecule has 0 aromatic heterocycles. The van der Waals surface area contributed by atoms with Gasteiger partial charge in [-0.15, -0.1) is 0 Å². The van der Waals surface area contributed by atoms with Crippen molar-refractivity contribution in [2.45, 2.75) is 44.2 Å². The minimum Gasteiger partial charge on any atom is -0.297 e. The number of hydrogen-bond donors (Lipinski definition) is 0. The van der Waals surface area contributed by atoms with Crippen LogP contribution in [0.4, 0.5) is 0 Å². The lowest BCUT2D eigenvalue weighted by atomic mass is 9.98. The van der Waals surface area contributed by atoms with Gasteiger partial charge in [-0.05, 0) is 32.2 Å². The van der Waals surface area contributed by atoms with Gasteiger partial charge in [-0.25, -0.2) is 0 Å². The Morgan fingerprint density at radius 2 is 2.00 bits per heavy atom. The molecule has 2 heterocycles. The summed E-state index contributed by atoms with van der Waals surface area (Å²) in [6.07, 6.45) is 7.24. The fraction of sp³-hybridized carbons (Fsp3) is 1.00. The first-order chi connectivity index (χ1) is 5.42. The predicted molar refractivity (Wildman–Crippen MR) is 51.2 cm³/mol. The zero-order chi connectivity index (χ0) is 7.68. The Balaban J connectivity index is 2.00. The molecule has 2 aliphatic heterocycles. The second kappa shape index (κ2) is 3.44. The summed E-state index contributed by atoms with van der Waals surface area (Å²) in [5.41, 5.74) is 0. The van der Waals surface area contributed by atoms with Crippen LogP contribution in [0.5, 0.6) is 0 Å². The average Bonchev–Trinajstić information content (AvgIpc) is 2.50. The van der Waals surface area contributed by atoms with E-state index in [2.05, 4.69) is 20.8 Å². The Morgan fingerprint density at radius 3 is 2.82 bits per heavy atom. The van der Waals surface area contributed by atoms with Crippen LogP contribution in [0, 0.1) is 0 Å². The van der Waals surface area contributed by atoms with Crippen LogP contribution in [-0.2, 0) is 0 Å². The van der Waals surface area contributed by atoms with Crippen LogP contribution < -0.4 is 0 Å². The van der Waals surface area contributed by atoms with Crippen LogP contribution in [0.3, 0.4) is 0 Å². The lowest BCUT2D eigenvalue weighted by molar-refractivity contribution is 0.139. The molecule has 11 heavy (non-hydrogen) atoms. The van der Waals surface area contributed by atoms with Gasteiger partial charge in [0.1, 0.15) is 0 Å². The number of hydrogen-bond acceptors (Lipinski definition) is 1. The fourth-order valence-corrected chi connectivity index (χ4v) is 3.27. The molecule has 64 valence electrons. The Bertz CT molecular complexity index is 138. The molecule has 1 nitrogen and oxygen atoms in total. The van der Waals surface area contributed by atoms with Crippen molar-refractivity contribution in [3.63, 3.8) is 0 Å². The first kappa shape index (κ1) is 8.06. The second-order valence-corrected chi connectivity index (χ2v) is 4.42. The van der Waals surface area contributed by atoms with Crippen LogP contribution in [0.25, 0.3) is 0 Å². The Labute approximate surface area is 77.3 Å². The van der Waals surface area contributed by atoms with E-state index in [1.54, 1.807) is 0 Å². The topological polar surface area (TPSA) is 3.24 Å². The normalized spacial score (nSPS) is 39.0. The van der Waals surface area contributed by atoms with Crippen molar-refractivity contribution < 1.29 is 0 Å². The Kier molecular flexibility index (Phi) is 2.52. The van der Waals surface area contributed by atoms with E-state index in [1.807, 2.05) is 0 Å². The number of rotatable bonds is 1. The molecule has 0 amide bonds. The molecule has 0 aromatic carbocycles. The van der Waals surface area contributed by atoms with Crippen LogP contribution in [0.15, 0.2) is 0 Å². The van der Waals surface area contributed by atoms with E-state index in [0.29, 0.717) is 0 Å². The molecule has 0 spiro atoms. The fourth-order valence-electron chi connectivity index (χ4n) is 2.57. The highest BCUT2D eigenvalue weighted by atomic mass is 79.9. The molecule has 2 aliphatic rings. The highest BCUT2D eigenvalue weighted by Crippen LogP contribution is 2.31. The Morgan fingerprint density at radius 1 is 1.18 bits per heavy atom. The number of alkyl halides is 1. The summed E-state index contributed by atoms with van der Waals surface area (Å²) < 4.78 is 0. The SMILES string of the molecule is BrCC1CCCC2CCCN12. The van der Waals surface area contributed by atoms with Crippen LogP contribution in [-0.4, -0.2) is 28.9 Å². The molecule has 2 atom stereocenters. The zero-order valence-corrected chi connectivity index (χ0v) is 8.52. The molecule has 2 rings (SSSR count). The molecule has 0 bridgehead atoms. The van der Waals surface area contributed by atoms with Gasteiger partial charge >= 0.3 is 0 Å². The molecule has 2 saturated heterocycles. The molecule has 0 aromatic rings. The maximum atomic E-state index is 3.61. The number of nitrogens with zero attached hydrogens (tertiary/aromatic N) is 1. The highest BCUT2D eigenvalue weighted by Gasteiger charge is 2.32. The quantitative estimate of drug-likeness (QED) is 0.611. The summed E-state index contributed by atoms with van der Waals surface area (Å²) in [6, 6.07) is 1.81. The lowest BCUT2D eigenvalue weighted by Crippen LogP contribution is -2.43. The van der Waals surface area contributed by atoms with E-state index in [4.69, 9.17) is 0 Å². The smallest absolute Gasteiger partial charge is 0.0195 e. The maximum absolute atomic E-state index is 3.61. The third-order valence-electron chi connectivity index (χ3n) is 3.14. The molecule has 2 unspecified atom stereocenters. The van der Waals surface area contributed by atoms with Crippen molar-refractivity contribution in [1.29, 1.82) is 0 Å². The van der Waals surface area contributed by atoms with E-state index in [0.717, 1.165) is 12.1 Å². The van der Waals surface area contributed by atoms with Crippen molar-refractivity contribution in [1.82, 2.24) is 4.90 Å². The van der Waals surface area contributed by atoms with Gasteiger partial charge in [0, 0.05) is 17.4 Å². The van der Waals surface area contributed by atoms with Gasteiger partial charge < -0.3 is 0 Å². The number of halogens is 1. The zero-order valence-electron chi connectivity index (χ0n) is 6.93. The molecule has 0 radical (unpaired) electrons. The van der Waals surface area contributed by atoms with Gasteiger partial charge in [0.05, 0.1) is 0 Å². The highest BCUT2D eigenvalue weighted by molar-refractivity contribution is 9.09. The molecule has 2 fully saturated rings. The molecular weight excluding hydrogens is 202 g/mol. The van der Waals surface area contributed by atoms with E-state index in [-0.39, 0.29) is 0 Å². The van der Waals surface area contributed by atoms with Crippen molar-refractivity contribution in [2.75, 3.05) is 11.9 Å². The summed E-state index contributed by atoms with van der Waals surface area (Å²) in [4.78, 5) is 2.72. The monoisotopic (exact) mass is 217 g/mol. The maximum Gasteiger partial charge on any atom is 0.0195 e. The molecular formula is C9H16BrN. The van der Waals surface area contributed by atoms with Gasteiger partial charge in [0.15, 0.2) is 0 Å². The van der Waals surface area contributed by atoms with Crippen molar-refractivity contribution >= 4 is 15.9 Å². The predicted octanol–water partition coefficient (Wildman–Crippen LogP) is 2.40. The first-order valence-electron chi connectivity index (χ1n) is 4.73. The van der Waals surface area contributed by atoms with Gasteiger partial charge in [-0.3, -0.25) is 4.90 Å². The third-order valence-corrected chi connectivity index (χ3v) is 3.89. The van der Waals surface area contributed by atoms with Crippen molar-refractivity contribution in [2.24, 2.45) is 0 Å². The second-order valence-electron chi connectivity index (χ2n) is 3.77. The molecule has 0 saturated carbocycles. The minimum absolute atomic E-state index is 0.858. The first-order valence-corrected chi connectivity index (χ1v) is 5.85. The van der Waals surface area contributed by atoms with E-state index in [9.17, 15) is 0 Å². The summed E-state index contributed by atoms with van der Waals surface area (Å²) in [7, 11) is 0. The molecule has 2 heteroatoms. The summed E-state index contributed by atoms with van der Waals surface area (Å²) in [5, 5.41) is 1.18. The average molecular weight is 218 g/mol. The number of piperidine rings is 1. The van der Waals surface area contributed by atoms with E-state index in [1.165, 1.54) is 44.0 Å².